The second-order valence-electron chi connectivity index (χ2n) is 5.64. The van der Waals surface area contributed by atoms with Gasteiger partial charge in [-0.2, -0.15) is 0 Å². The third-order valence-electron chi connectivity index (χ3n) is 3.79. The first-order valence-electron chi connectivity index (χ1n) is 7.98. The molecule has 0 saturated heterocycles. The Morgan fingerprint density at radius 3 is 2.41 bits per heavy atom. The number of nitrogens with one attached hydrogen (secondary N) is 2. The van der Waals surface area contributed by atoms with Crippen LogP contribution in [0.1, 0.15) is 10.4 Å². The molecule has 1 heterocycles. The number of primary amides is 1. The van der Waals surface area contributed by atoms with Crippen molar-refractivity contribution in [3.05, 3.63) is 60.2 Å². The number of methoxy groups -OCH3 is 1. The number of rotatable bonds is 5. The summed E-state index contributed by atoms with van der Waals surface area (Å²) in [6.45, 7) is 0. The van der Waals surface area contributed by atoms with Gasteiger partial charge in [0.1, 0.15) is 5.75 Å². The topological polar surface area (TPSA) is 119 Å². The minimum absolute atomic E-state index is 0.274. The first-order valence-corrected chi connectivity index (χ1v) is 8.79. The van der Waals surface area contributed by atoms with Gasteiger partial charge >= 0.3 is 6.03 Å². The number of carbonyl (C=O) groups excluding carboxylic acids is 2. The van der Waals surface area contributed by atoms with Crippen molar-refractivity contribution in [2.45, 2.75) is 0 Å². The predicted molar refractivity (Wildman–Crippen MR) is 108 cm³/mol. The zero-order valence-corrected chi connectivity index (χ0v) is 15.3. The van der Waals surface area contributed by atoms with E-state index in [9.17, 15) is 9.59 Å². The van der Waals surface area contributed by atoms with Crippen molar-refractivity contribution < 1.29 is 14.3 Å². The van der Waals surface area contributed by atoms with Crippen molar-refractivity contribution in [3.63, 3.8) is 0 Å². The van der Waals surface area contributed by atoms with Gasteiger partial charge in [-0.05, 0) is 54.1 Å². The minimum Gasteiger partial charge on any atom is -0.497 e. The highest BCUT2D eigenvalue weighted by Gasteiger charge is 2.11. The number of benzene rings is 2. The molecule has 8 heteroatoms. The Morgan fingerprint density at radius 2 is 1.74 bits per heavy atom. The fourth-order valence-corrected chi connectivity index (χ4v) is 3.34. The third-order valence-corrected chi connectivity index (χ3v) is 4.84. The molecule has 0 unspecified atom stereocenters. The maximum absolute atomic E-state index is 12.5. The molecular weight excluding hydrogens is 364 g/mol. The zero-order valence-electron chi connectivity index (χ0n) is 14.5. The van der Waals surface area contributed by atoms with Crippen LogP contribution in [0.15, 0.2) is 54.6 Å². The molecule has 0 aliphatic rings. The molecule has 0 radical (unpaired) electrons. The Hall–Kier alpha value is -3.52. The van der Waals surface area contributed by atoms with E-state index in [0.29, 0.717) is 27.7 Å². The van der Waals surface area contributed by atoms with E-state index >= 15 is 0 Å². The summed E-state index contributed by atoms with van der Waals surface area (Å²) in [6.07, 6.45) is 0. The fraction of sp³-hybridized carbons (Fsp3) is 0.0526. The van der Waals surface area contributed by atoms with Crippen molar-refractivity contribution >= 4 is 39.7 Å². The molecule has 7 nitrogen and oxygen atoms in total. The second-order valence-corrected chi connectivity index (χ2v) is 6.72. The number of nitrogen functional groups attached to an aromatic ring is 1. The van der Waals surface area contributed by atoms with Crippen LogP contribution in [0.3, 0.4) is 0 Å². The number of ether oxygens (including phenoxy) is 1. The smallest absolute Gasteiger partial charge is 0.317 e. The Balaban J connectivity index is 1.81. The van der Waals surface area contributed by atoms with Crippen LogP contribution in [0.2, 0.25) is 0 Å². The number of hydrogen-bond acceptors (Lipinski definition) is 5. The Morgan fingerprint density at radius 1 is 1.00 bits per heavy atom. The Kier molecular flexibility index (Phi) is 5.28. The van der Waals surface area contributed by atoms with Crippen LogP contribution >= 0.6 is 11.3 Å². The molecule has 6 N–H and O–H groups in total. The lowest BCUT2D eigenvalue weighted by Gasteiger charge is -2.10. The van der Waals surface area contributed by atoms with Gasteiger partial charge in [-0.25, -0.2) is 4.79 Å². The zero-order chi connectivity index (χ0) is 19.4. The standard InChI is InChI=1S/C19H18N4O3S/c1-26-13-5-2-11(3-6-13)18(24)22-15-10-12(4-7-14(15)20)16-8-9-17(27-16)23-19(21)25/h2-10H,20H2,1H3,(H,22,24)(H3,21,23,25). The van der Waals surface area contributed by atoms with Gasteiger partial charge in [0.25, 0.3) is 5.91 Å². The second kappa shape index (κ2) is 7.79. The van der Waals surface area contributed by atoms with Crippen molar-refractivity contribution in [1.29, 1.82) is 0 Å². The van der Waals surface area contributed by atoms with Gasteiger partial charge in [0.2, 0.25) is 0 Å². The molecule has 0 fully saturated rings. The van der Waals surface area contributed by atoms with Gasteiger partial charge in [-0.3, -0.25) is 10.1 Å². The molecule has 2 aromatic carbocycles. The highest BCUT2D eigenvalue weighted by Crippen LogP contribution is 2.34. The van der Waals surface area contributed by atoms with Gasteiger partial charge in [-0.1, -0.05) is 6.07 Å². The number of amides is 3. The molecule has 3 amide bonds. The van der Waals surface area contributed by atoms with Crippen LogP contribution in [0.4, 0.5) is 21.2 Å². The number of carbonyl (C=O) groups is 2. The van der Waals surface area contributed by atoms with Crippen molar-refractivity contribution in [3.8, 4) is 16.2 Å². The summed E-state index contributed by atoms with van der Waals surface area (Å²) >= 11 is 1.37. The number of nitrogens with two attached hydrogens (primary N) is 2. The average Bonchev–Trinajstić information content (AvgIpc) is 3.11. The SMILES string of the molecule is COc1ccc(C(=O)Nc2cc(-c3ccc(NC(N)=O)s3)ccc2N)cc1. The van der Waals surface area contributed by atoms with Crippen LogP contribution in [-0.2, 0) is 0 Å². The summed E-state index contributed by atoms with van der Waals surface area (Å²) in [5, 5.41) is 6.00. The van der Waals surface area contributed by atoms with Crippen molar-refractivity contribution in [2.75, 3.05) is 23.5 Å². The lowest BCUT2D eigenvalue weighted by Crippen LogP contribution is -2.18. The molecule has 0 saturated carbocycles. The number of urea groups is 1. The summed E-state index contributed by atoms with van der Waals surface area (Å²) in [5.41, 5.74) is 13.4. The maximum Gasteiger partial charge on any atom is 0.317 e. The van der Waals surface area contributed by atoms with E-state index in [0.717, 1.165) is 10.4 Å². The van der Waals surface area contributed by atoms with Crippen LogP contribution < -0.4 is 26.8 Å². The summed E-state index contributed by atoms with van der Waals surface area (Å²) in [5.74, 6) is 0.398. The van der Waals surface area contributed by atoms with E-state index in [1.807, 2.05) is 12.1 Å². The lowest BCUT2D eigenvalue weighted by atomic mass is 10.1. The van der Waals surface area contributed by atoms with E-state index in [4.69, 9.17) is 16.2 Å². The molecule has 138 valence electrons. The van der Waals surface area contributed by atoms with Gasteiger partial charge in [0, 0.05) is 10.4 Å². The van der Waals surface area contributed by atoms with Crippen molar-refractivity contribution in [1.82, 2.24) is 0 Å². The third kappa shape index (κ3) is 4.36. The highest BCUT2D eigenvalue weighted by molar-refractivity contribution is 7.19. The highest BCUT2D eigenvalue weighted by atomic mass is 32.1. The lowest BCUT2D eigenvalue weighted by molar-refractivity contribution is 0.102. The number of anilines is 3. The molecule has 0 aliphatic carbocycles. The van der Waals surface area contributed by atoms with E-state index in [2.05, 4.69) is 10.6 Å². The monoisotopic (exact) mass is 382 g/mol. The summed E-state index contributed by atoms with van der Waals surface area (Å²) in [7, 11) is 1.57. The van der Waals surface area contributed by atoms with Crippen LogP contribution in [-0.4, -0.2) is 19.0 Å². The first kappa shape index (κ1) is 18.3. The summed E-state index contributed by atoms with van der Waals surface area (Å²) in [4.78, 5) is 24.3. The fourth-order valence-electron chi connectivity index (χ4n) is 2.44. The van der Waals surface area contributed by atoms with Crippen LogP contribution in [0, 0.1) is 0 Å². The normalized spacial score (nSPS) is 10.3. The molecule has 1 aromatic heterocycles. The van der Waals surface area contributed by atoms with Crippen LogP contribution in [0.25, 0.3) is 10.4 Å². The van der Waals surface area contributed by atoms with E-state index < -0.39 is 6.03 Å². The minimum atomic E-state index is -0.617. The van der Waals surface area contributed by atoms with Gasteiger partial charge in [0.05, 0.1) is 23.5 Å². The average molecular weight is 382 g/mol. The number of thiophene rings is 1. The van der Waals surface area contributed by atoms with Gasteiger partial charge < -0.3 is 21.5 Å². The molecule has 0 atom stereocenters. The molecule has 3 rings (SSSR count). The molecule has 0 spiro atoms. The molecule has 0 aliphatic heterocycles. The summed E-state index contributed by atoms with van der Waals surface area (Å²) < 4.78 is 5.09. The maximum atomic E-state index is 12.5. The Labute approximate surface area is 159 Å². The van der Waals surface area contributed by atoms with Crippen molar-refractivity contribution in [2.24, 2.45) is 5.73 Å². The van der Waals surface area contributed by atoms with E-state index in [-0.39, 0.29) is 5.91 Å². The quantitative estimate of drug-likeness (QED) is 0.502. The largest absolute Gasteiger partial charge is 0.497 e. The predicted octanol–water partition coefficient (Wildman–Crippen LogP) is 3.75. The van der Waals surface area contributed by atoms with E-state index in [1.54, 1.807) is 49.6 Å². The number of hydrogen-bond donors (Lipinski definition) is 4. The molecule has 3 aromatic rings. The van der Waals surface area contributed by atoms with Crippen LogP contribution in [0.5, 0.6) is 5.75 Å². The van der Waals surface area contributed by atoms with Gasteiger partial charge in [-0.15, -0.1) is 11.3 Å². The molecular formula is C19H18N4O3S. The summed E-state index contributed by atoms with van der Waals surface area (Å²) in [6, 6.07) is 15.1. The molecule has 0 bridgehead atoms. The van der Waals surface area contributed by atoms with E-state index in [1.165, 1.54) is 11.3 Å². The first-order chi connectivity index (χ1) is 13.0. The molecule has 27 heavy (non-hydrogen) atoms. The Bertz CT molecular complexity index is 983. The van der Waals surface area contributed by atoms with Gasteiger partial charge in [0.15, 0.2) is 0 Å².